The van der Waals surface area contributed by atoms with Crippen LogP contribution in [0.5, 0.6) is 0 Å². The van der Waals surface area contributed by atoms with Crippen molar-refractivity contribution in [2.75, 3.05) is 38.1 Å². The number of aromatic nitrogens is 1. The maximum Gasteiger partial charge on any atom is 0.339 e. The number of pyridine rings is 1. The molecule has 2 unspecified atom stereocenters. The fourth-order valence-corrected chi connectivity index (χ4v) is 7.10. The van der Waals surface area contributed by atoms with Gasteiger partial charge in [-0.3, -0.25) is 14.7 Å². The lowest BCUT2D eigenvalue weighted by Gasteiger charge is -2.46. The summed E-state index contributed by atoms with van der Waals surface area (Å²) < 4.78 is 47.3. The topological polar surface area (TPSA) is 83.1 Å². The van der Waals surface area contributed by atoms with Crippen molar-refractivity contribution in [2.24, 2.45) is 0 Å². The smallest absolute Gasteiger partial charge is 0.304 e. The first-order valence-electron chi connectivity index (χ1n) is 13.5. The molecule has 2 saturated heterocycles. The summed E-state index contributed by atoms with van der Waals surface area (Å²) in [5.41, 5.74) is 0.953. The van der Waals surface area contributed by atoms with E-state index in [0.717, 1.165) is 38.5 Å². The molecule has 208 valence electrons. The van der Waals surface area contributed by atoms with Crippen molar-refractivity contribution < 1.29 is 21.8 Å². The van der Waals surface area contributed by atoms with Gasteiger partial charge in [0.05, 0.1) is 17.6 Å². The first-order valence-corrected chi connectivity index (χ1v) is 14.8. The normalized spacial score (nSPS) is 20.6. The summed E-state index contributed by atoms with van der Waals surface area (Å²) in [6, 6.07) is 23.8. The van der Waals surface area contributed by atoms with Gasteiger partial charge in [0.2, 0.25) is 0 Å². The van der Waals surface area contributed by atoms with Crippen molar-refractivity contribution in [3.05, 3.63) is 96.6 Å². The maximum atomic E-state index is 13.9. The number of likely N-dealkylation sites (N-methyl/N-ethyl adjacent to an activating group) is 1. The summed E-state index contributed by atoms with van der Waals surface area (Å²) >= 11 is 0. The molecule has 0 spiro atoms. The molecule has 2 fully saturated rings. The minimum absolute atomic E-state index is 0.269. The Morgan fingerprint density at radius 2 is 1.51 bits per heavy atom. The molecule has 41 heavy (non-hydrogen) atoms. The van der Waals surface area contributed by atoms with Gasteiger partial charge < -0.3 is 4.90 Å². The number of piperazine rings is 1. The number of anilines is 1. The van der Waals surface area contributed by atoms with Gasteiger partial charge in [-0.05, 0) is 52.2 Å². The monoisotopic (exact) mass is 570 g/mol. The Kier molecular flexibility index (Phi) is 6.24. The number of hydrogen-bond donors (Lipinski definition) is 0. The third-order valence-electron chi connectivity index (χ3n) is 8.11. The summed E-state index contributed by atoms with van der Waals surface area (Å²) in [4.78, 5) is 21.7. The second-order valence-corrected chi connectivity index (χ2v) is 12.1. The SMILES string of the molecule is CN1CCN(S(=O)(=O)OC2C(=O)N(c3cc4c5ccccc5ccc4c4ccccc34)C2c2ccc(F)cn2)CC1. The number of carbonyl (C=O) groups is 1. The average Bonchev–Trinajstić information content (AvgIpc) is 2.99. The van der Waals surface area contributed by atoms with Crippen molar-refractivity contribution in [1.82, 2.24) is 14.2 Å². The van der Waals surface area contributed by atoms with Gasteiger partial charge in [-0.25, -0.2) is 8.57 Å². The molecule has 2 atom stereocenters. The van der Waals surface area contributed by atoms with E-state index in [9.17, 15) is 17.6 Å². The van der Waals surface area contributed by atoms with E-state index in [1.807, 2.05) is 66.5 Å². The van der Waals surface area contributed by atoms with Gasteiger partial charge in [0.25, 0.3) is 5.91 Å². The first kappa shape index (κ1) is 26.0. The Balaban J connectivity index is 1.37. The highest BCUT2D eigenvalue weighted by atomic mass is 32.2. The summed E-state index contributed by atoms with van der Waals surface area (Å²) in [6.07, 6.45) is -0.270. The van der Waals surface area contributed by atoms with E-state index in [4.69, 9.17) is 4.18 Å². The second-order valence-electron chi connectivity index (χ2n) is 10.6. The van der Waals surface area contributed by atoms with Gasteiger partial charge in [0, 0.05) is 31.6 Å². The first-order chi connectivity index (χ1) is 19.8. The molecule has 10 heteroatoms. The molecule has 0 bridgehead atoms. The molecule has 0 N–H and O–H groups in total. The lowest BCUT2D eigenvalue weighted by Crippen LogP contribution is -2.62. The van der Waals surface area contributed by atoms with Crippen LogP contribution in [0.3, 0.4) is 0 Å². The van der Waals surface area contributed by atoms with Crippen LogP contribution in [0.25, 0.3) is 32.3 Å². The highest BCUT2D eigenvalue weighted by molar-refractivity contribution is 7.84. The van der Waals surface area contributed by atoms with E-state index in [1.54, 1.807) is 0 Å². The molecule has 3 heterocycles. The van der Waals surface area contributed by atoms with Crippen LogP contribution in [0, 0.1) is 5.82 Å². The number of nitrogens with zero attached hydrogens (tertiary/aromatic N) is 4. The number of amides is 1. The van der Waals surface area contributed by atoms with Crippen LogP contribution in [0.15, 0.2) is 85.1 Å². The molecular formula is C31H27FN4O4S. The summed E-state index contributed by atoms with van der Waals surface area (Å²) in [7, 11) is -2.28. The molecule has 0 aliphatic carbocycles. The minimum atomic E-state index is -4.20. The average molecular weight is 571 g/mol. The zero-order valence-electron chi connectivity index (χ0n) is 22.3. The standard InChI is InChI=1S/C31H27FN4O4S/c1-34-14-16-35(17-15-34)41(38,39)40-30-29(27-13-11-21(32)19-33-27)36(31(30)37)28-18-26-22-7-3-2-6-20(22)10-12-24(26)23-8-4-5-9-25(23)28/h2-13,18-19,29-30H,14-17H2,1H3. The quantitative estimate of drug-likeness (QED) is 0.226. The summed E-state index contributed by atoms with van der Waals surface area (Å²) in [5, 5.41) is 5.89. The van der Waals surface area contributed by atoms with Crippen LogP contribution < -0.4 is 4.90 Å². The van der Waals surface area contributed by atoms with Gasteiger partial charge >= 0.3 is 10.3 Å². The number of halogens is 1. The molecule has 5 aromatic rings. The van der Waals surface area contributed by atoms with Gasteiger partial charge in [0.15, 0.2) is 6.10 Å². The molecular weight excluding hydrogens is 543 g/mol. The fourth-order valence-electron chi connectivity index (χ4n) is 5.92. The van der Waals surface area contributed by atoms with Crippen LogP contribution in [-0.2, 0) is 19.3 Å². The van der Waals surface area contributed by atoms with E-state index in [1.165, 1.54) is 21.3 Å². The number of benzene rings is 4. The molecule has 2 aliphatic heterocycles. The molecule has 2 aliphatic rings. The zero-order valence-corrected chi connectivity index (χ0v) is 23.1. The molecule has 4 aromatic carbocycles. The lowest BCUT2D eigenvalue weighted by molar-refractivity contribution is -0.135. The van der Waals surface area contributed by atoms with Crippen LogP contribution in [0.1, 0.15) is 11.7 Å². The van der Waals surface area contributed by atoms with E-state index in [2.05, 4.69) is 17.1 Å². The number of carbonyl (C=O) groups excluding carboxylic acids is 1. The van der Waals surface area contributed by atoms with Gasteiger partial charge in [-0.1, -0.05) is 60.7 Å². The Labute approximate surface area is 236 Å². The largest absolute Gasteiger partial charge is 0.339 e. The third-order valence-corrected chi connectivity index (χ3v) is 9.56. The number of hydrogen-bond acceptors (Lipinski definition) is 6. The number of β-lactam (4-membered cyclic amide) rings is 1. The van der Waals surface area contributed by atoms with Crippen molar-refractivity contribution in [2.45, 2.75) is 12.1 Å². The van der Waals surface area contributed by atoms with E-state index >= 15 is 0 Å². The summed E-state index contributed by atoms with van der Waals surface area (Å²) in [5.74, 6) is -1.03. The molecule has 0 saturated carbocycles. The summed E-state index contributed by atoms with van der Waals surface area (Å²) in [6.45, 7) is 1.66. The highest BCUT2D eigenvalue weighted by Gasteiger charge is 2.54. The molecule has 1 amide bonds. The number of rotatable bonds is 5. The molecule has 7 rings (SSSR count). The minimum Gasteiger partial charge on any atom is -0.304 e. The Hall–Kier alpha value is -3.96. The Morgan fingerprint density at radius 3 is 2.24 bits per heavy atom. The van der Waals surface area contributed by atoms with Crippen LogP contribution in [0.2, 0.25) is 0 Å². The van der Waals surface area contributed by atoms with E-state index < -0.39 is 34.2 Å². The van der Waals surface area contributed by atoms with E-state index in [-0.39, 0.29) is 13.1 Å². The van der Waals surface area contributed by atoms with Gasteiger partial charge in [-0.15, -0.1) is 0 Å². The second kappa shape index (κ2) is 9.85. The van der Waals surface area contributed by atoms with E-state index in [0.29, 0.717) is 24.5 Å². The zero-order chi connectivity index (χ0) is 28.3. The van der Waals surface area contributed by atoms with Crippen molar-refractivity contribution >= 4 is 54.2 Å². The lowest BCUT2D eigenvalue weighted by atomic mass is 9.90. The van der Waals surface area contributed by atoms with Crippen LogP contribution in [-0.4, -0.2) is 67.8 Å². The third kappa shape index (κ3) is 4.34. The molecule has 0 radical (unpaired) electrons. The van der Waals surface area contributed by atoms with Gasteiger partial charge in [0.1, 0.15) is 11.9 Å². The molecule has 1 aromatic heterocycles. The van der Waals surface area contributed by atoms with Crippen molar-refractivity contribution in [1.29, 1.82) is 0 Å². The predicted octanol–water partition coefficient (Wildman–Crippen LogP) is 4.65. The van der Waals surface area contributed by atoms with Crippen molar-refractivity contribution in [3.63, 3.8) is 0 Å². The highest BCUT2D eigenvalue weighted by Crippen LogP contribution is 2.46. The van der Waals surface area contributed by atoms with Crippen molar-refractivity contribution in [3.8, 4) is 0 Å². The fraction of sp³-hybridized carbons (Fsp3) is 0.226. The predicted molar refractivity (Wildman–Crippen MR) is 156 cm³/mol. The Morgan fingerprint density at radius 1 is 0.829 bits per heavy atom. The maximum absolute atomic E-state index is 13.9. The Bertz CT molecular complexity index is 1920. The van der Waals surface area contributed by atoms with Crippen LogP contribution in [0.4, 0.5) is 10.1 Å². The number of fused-ring (bicyclic) bond motifs is 5. The van der Waals surface area contributed by atoms with Gasteiger partial charge in [-0.2, -0.15) is 12.7 Å². The van der Waals surface area contributed by atoms with Crippen LogP contribution >= 0.6 is 0 Å². The molecule has 8 nitrogen and oxygen atoms in total.